The van der Waals surface area contributed by atoms with E-state index in [0.29, 0.717) is 26.1 Å². The average Bonchev–Trinajstić information content (AvgIpc) is 2.52. The maximum atomic E-state index is 11.8. The number of rotatable bonds is 5. The van der Waals surface area contributed by atoms with Crippen molar-refractivity contribution in [3.8, 4) is 0 Å². The van der Waals surface area contributed by atoms with Crippen molar-refractivity contribution < 1.29 is 14.6 Å². The highest BCUT2D eigenvalue weighted by Crippen LogP contribution is 2.19. The van der Waals surface area contributed by atoms with Gasteiger partial charge in [0.1, 0.15) is 0 Å². The lowest BCUT2D eigenvalue weighted by Crippen LogP contribution is -2.46. The van der Waals surface area contributed by atoms with Gasteiger partial charge in [-0.1, -0.05) is 12.1 Å². The fraction of sp³-hybridized carbons (Fsp3) is 0.438. The van der Waals surface area contributed by atoms with Crippen molar-refractivity contribution in [2.45, 2.75) is 23.3 Å². The smallest absolute Gasteiger partial charge is 0.244 e. The Labute approximate surface area is 129 Å². The molecule has 1 heterocycles. The number of hydrogen-bond donors (Lipinski definition) is 2. The topological polar surface area (TPSA) is 58.6 Å². The van der Waals surface area contributed by atoms with Crippen LogP contribution in [0.1, 0.15) is 18.4 Å². The minimum absolute atomic E-state index is 0.191. The van der Waals surface area contributed by atoms with Crippen LogP contribution < -0.4 is 5.32 Å². The SMILES string of the molecule is CSc1ccc(/C=C/C(=O)NCC2(O)CCOCC2)cc1. The Hall–Kier alpha value is -1.30. The number of benzene rings is 1. The Morgan fingerprint density at radius 3 is 2.67 bits per heavy atom. The Bertz CT molecular complexity index is 493. The third kappa shape index (κ3) is 5.19. The summed E-state index contributed by atoms with van der Waals surface area (Å²) in [5.74, 6) is -0.191. The van der Waals surface area contributed by atoms with Crippen molar-refractivity contribution in [3.63, 3.8) is 0 Å². The molecule has 1 amide bonds. The van der Waals surface area contributed by atoms with E-state index in [4.69, 9.17) is 4.74 Å². The lowest BCUT2D eigenvalue weighted by molar-refractivity contribution is -0.119. The molecule has 0 aliphatic carbocycles. The van der Waals surface area contributed by atoms with Gasteiger partial charge in [0, 0.05) is 43.6 Å². The highest BCUT2D eigenvalue weighted by molar-refractivity contribution is 7.98. The van der Waals surface area contributed by atoms with Crippen LogP contribution in [0.25, 0.3) is 6.08 Å². The van der Waals surface area contributed by atoms with Crippen molar-refractivity contribution in [2.24, 2.45) is 0 Å². The molecule has 1 aromatic carbocycles. The van der Waals surface area contributed by atoms with Gasteiger partial charge in [0.25, 0.3) is 0 Å². The molecule has 2 N–H and O–H groups in total. The van der Waals surface area contributed by atoms with Crippen molar-refractivity contribution in [3.05, 3.63) is 35.9 Å². The number of ether oxygens (including phenoxy) is 1. The minimum Gasteiger partial charge on any atom is -0.388 e. The first-order chi connectivity index (χ1) is 10.1. The van der Waals surface area contributed by atoms with E-state index in [9.17, 15) is 9.90 Å². The largest absolute Gasteiger partial charge is 0.388 e. The van der Waals surface area contributed by atoms with Gasteiger partial charge >= 0.3 is 0 Å². The predicted octanol–water partition coefficient (Wildman–Crippen LogP) is 2.08. The monoisotopic (exact) mass is 307 g/mol. The summed E-state index contributed by atoms with van der Waals surface area (Å²) in [4.78, 5) is 13.0. The van der Waals surface area contributed by atoms with E-state index in [1.54, 1.807) is 17.8 Å². The fourth-order valence-corrected chi connectivity index (χ4v) is 2.53. The van der Waals surface area contributed by atoms with Gasteiger partial charge in [-0.05, 0) is 30.0 Å². The van der Waals surface area contributed by atoms with Gasteiger partial charge < -0.3 is 15.2 Å². The van der Waals surface area contributed by atoms with Crippen molar-refractivity contribution in [2.75, 3.05) is 26.0 Å². The van der Waals surface area contributed by atoms with E-state index in [2.05, 4.69) is 5.32 Å². The molecular formula is C16H21NO3S. The van der Waals surface area contributed by atoms with Gasteiger partial charge in [-0.3, -0.25) is 4.79 Å². The van der Waals surface area contributed by atoms with Crippen molar-refractivity contribution in [1.29, 1.82) is 0 Å². The van der Waals surface area contributed by atoms with Gasteiger partial charge in [0.05, 0.1) is 5.60 Å². The molecule has 0 atom stereocenters. The molecule has 0 unspecified atom stereocenters. The molecule has 0 spiro atoms. The summed E-state index contributed by atoms with van der Waals surface area (Å²) >= 11 is 1.68. The highest BCUT2D eigenvalue weighted by Gasteiger charge is 2.29. The Kier molecular flexibility index (Phi) is 5.85. The molecule has 1 fully saturated rings. The lowest BCUT2D eigenvalue weighted by atomic mass is 9.94. The van der Waals surface area contributed by atoms with Crippen LogP contribution in [0.3, 0.4) is 0 Å². The summed E-state index contributed by atoms with van der Waals surface area (Å²) in [5.41, 5.74) is 0.148. The summed E-state index contributed by atoms with van der Waals surface area (Å²) in [6.45, 7) is 1.36. The summed E-state index contributed by atoms with van der Waals surface area (Å²) < 4.78 is 5.21. The zero-order valence-electron chi connectivity index (χ0n) is 12.2. The maximum Gasteiger partial charge on any atom is 0.244 e. The molecule has 1 saturated heterocycles. The van der Waals surface area contributed by atoms with E-state index in [0.717, 1.165) is 5.56 Å². The third-order valence-electron chi connectivity index (χ3n) is 3.56. The summed E-state index contributed by atoms with van der Waals surface area (Å²) in [6.07, 6.45) is 6.42. The van der Waals surface area contributed by atoms with Crippen LogP contribution in [0.5, 0.6) is 0 Å². The Balaban J connectivity index is 1.81. The van der Waals surface area contributed by atoms with Gasteiger partial charge in [0.15, 0.2) is 0 Å². The molecule has 1 aliphatic heterocycles. The molecular weight excluding hydrogens is 286 g/mol. The minimum atomic E-state index is -0.832. The molecule has 5 heteroatoms. The first-order valence-electron chi connectivity index (χ1n) is 7.01. The van der Waals surface area contributed by atoms with Gasteiger partial charge in [-0.15, -0.1) is 11.8 Å². The highest BCUT2D eigenvalue weighted by atomic mass is 32.2. The molecule has 0 bridgehead atoms. The molecule has 0 radical (unpaired) electrons. The van der Waals surface area contributed by atoms with Gasteiger partial charge in [-0.25, -0.2) is 0 Å². The van der Waals surface area contributed by atoms with Gasteiger partial charge in [-0.2, -0.15) is 0 Å². The van der Waals surface area contributed by atoms with E-state index >= 15 is 0 Å². The molecule has 0 saturated carbocycles. The second-order valence-corrected chi connectivity index (χ2v) is 6.04. The van der Waals surface area contributed by atoms with Crippen LogP contribution in [0, 0.1) is 0 Å². The van der Waals surface area contributed by atoms with E-state index in [1.165, 1.54) is 11.0 Å². The quantitative estimate of drug-likeness (QED) is 0.646. The average molecular weight is 307 g/mol. The standard InChI is InChI=1S/C16H21NO3S/c1-21-14-5-2-13(3-6-14)4-7-15(18)17-12-16(19)8-10-20-11-9-16/h2-7,19H,8-12H2,1H3,(H,17,18)/b7-4+. The molecule has 114 valence electrons. The zero-order valence-corrected chi connectivity index (χ0v) is 13.0. The molecule has 1 aliphatic rings. The van der Waals surface area contributed by atoms with E-state index in [1.807, 2.05) is 30.5 Å². The summed E-state index contributed by atoms with van der Waals surface area (Å²) in [6, 6.07) is 7.99. The number of carbonyl (C=O) groups excluding carboxylic acids is 1. The second kappa shape index (κ2) is 7.64. The fourth-order valence-electron chi connectivity index (χ4n) is 2.13. The van der Waals surface area contributed by atoms with Crippen LogP contribution in [-0.4, -0.2) is 42.6 Å². The normalized spacial score (nSPS) is 17.8. The van der Waals surface area contributed by atoms with Crippen molar-refractivity contribution in [1.82, 2.24) is 5.32 Å². The number of carbonyl (C=O) groups is 1. The lowest BCUT2D eigenvalue weighted by Gasteiger charge is -2.31. The van der Waals surface area contributed by atoms with E-state index < -0.39 is 5.60 Å². The Morgan fingerprint density at radius 1 is 1.38 bits per heavy atom. The zero-order chi connectivity index (χ0) is 15.1. The van der Waals surface area contributed by atoms with Crippen molar-refractivity contribution >= 4 is 23.7 Å². The van der Waals surface area contributed by atoms with Crippen LogP contribution >= 0.6 is 11.8 Å². The molecule has 2 rings (SSSR count). The second-order valence-electron chi connectivity index (χ2n) is 5.16. The van der Waals surface area contributed by atoms with Crippen LogP contribution in [-0.2, 0) is 9.53 Å². The molecule has 4 nitrogen and oxygen atoms in total. The maximum absolute atomic E-state index is 11.8. The first-order valence-corrected chi connectivity index (χ1v) is 8.24. The molecule has 0 aromatic heterocycles. The number of aliphatic hydroxyl groups is 1. The van der Waals surface area contributed by atoms with Crippen LogP contribution in [0.15, 0.2) is 35.2 Å². The first kappa shape index (κ1) is 16.1. The van der Waals surface area contributed by atoms with Gasteiger partial charge in [0.2, 0.25) is 5.91 Å². The number of thioether (sulfide) groups is 1. The Morgan fingerprint density at radius 2 is 2.05 bits per heavy atom. The van der Waals surface area contributed by atoms with E-state index in [-0.39, 0.29) is 12.5 Å². The number of nitrogens with one attached hydrogen (secondary N) is 1. The third-order valence-corrected chi connectivity index (χ3v) is 4.30. The van der Waals surface area contributed by atoms with Crippen LogP contribution in [0.4, 0.5) is 0 Å². The molecule has 21 heavy (non-hydrogen) atoms. The molecule has 1 aromatic rings. The number of hydrogen-bond acceptors (Lipinski definition) is 4. The summed E-state index contributed by atoms with van der Waals surface area (Å²) in [5, 5.41) is 13.0. The summed E-state index contributed by atoms with van der Waals surface area (Å²) in [7, 11) is 0. The number of amides is 1. The van der Waals surface area contributed by atoms with Crippen LogP contribution in [0.2, 0.25) is 0 Å². The predicted molar refractivity (Wildman–Crippen MR) is 85.3 cm³/mol.